The SMILES string of the molecule is CC1CC2CCC1N(CCc1c[nH]c3ccccc13)C2. The van der Waals surface area contributed by atoms with Crippen molar-refractivity contribution in [3.8, 4) is 0 Å². The van der Waals surface area contributed by atoms with Gasteiger partial charge >= 0.3 is 0 Å². The standard InChI is InChI=1S/C18H24N2/c1-13-10-14-6-7-18(13)20(12-14)9-8-15-11-19-17-5-3-2-4-16(15)17/h2-5,11,13-14,18-19H,6-10,12H2,1H3. The third-order valence-electron chi connectivity index (χ3n) is 5.54. The number of H-pyrrole nitrogens is 1. The summed E-state index contributed by atoms with van der Waals surface area (Å²) in [6.07, 6.45) is 7.75. The van der Waals surface area contributed by atoms with Crippen LogP contribution in [0.15, 0.2) is 30.5 Å². The molecule has 1 N–H and O–H groups in total. The fraction of sp³-hybridized carbons (Fsp3) is 0.556. The number of piperidine rings is 2. The van der Waals surface area contributed by atoms with E-state index in [1.54, 1.807) is 0 Å². The van der Waals surface area contributed by atoms with Crippen LogP contribution in [0.3, 0.4) is 0 Å². The van der Waals surface area contributed by atoms with Gasteiger partial charge in [0.15, 0.2) is 0 Å². The maximum atomic E-state index is 3.40. The van der Waals surface area contributed by atoms with Gasteiger partial charge in [-0.3, -0.25) is 4.90 Å². The molecule has 1 aromatic heterocycles. The van der Waals surface area contributed by atoms with Crippen molar-refractivity contribution in [3.63, 3.8) is 0 Å². The van der Waals surface area contributed by atoms with E-state index in [-0.39, 0.29) is 0 Å². The van der Waals surface area contributed by atoms with Gasteiger partial charge in [0.2, 0.25) is 0 Å². The first kappa shape index (κ1) is 12.5. The van der Waals surface area contributed by atoms with E-state index in [0.717, 1.165) is 17.9 Å². The molecule has 1 aliphatic carbocycles. The molecule has 3 unspecified atom stereocenters. The molecule has 2 bridgehead atoms. The molecular formula is C18H24N2. The van der Waals surface area contributed by atoms with Crippen LogP contribution in [0.4, 0.5) is 0 Å². The van der Waals surface area contributed by atoms with Gasteiger partial charge in [0.25, 0.3) is 0 Å². The molecule has 5 rings (SSSR count). The summed E-state index contributed by atoms with van der Waals surface area (Å²) in [4.78, 5) is 6.17. The van der Waals surface area contributed by atoms with E-state index >= 15 is 0 Å². The molecule has 0 radical (unpaired) electrons. The third-order valence-corrected chi connectivity index (χ3v) is 5.54. The van der Waals surface area contributed by atoms with E-state index in [1.165, 1.54) is 55.2 Å². The van der Waals surface area contributed by atoms with Crippen molar-refractivity contribution >= 4 is 10.9 Å². The lowest BCUT2D eigenvalue weighted by Crippen LogP contribution is -2.52. The van der Waals surface area contributed by atoms with Crippen molar-refractivity contribution < 1.29 is 0 Å². The number of para-hydroxylation sites is 1. The van der Waals surface area contributed by atoms with E-state index in [0.29, 0.717) is 0 Å². The summed E-state index contributed by atoms with van der Waals surface area (Å²) in [5.41, 5.74) is 2.76. The van der Waals surface area contributed by atoms with Crippen LogP contribution in [0.2, 0.25) is 0 Å². The van der Waals surface area contributed by atoms with E-state index < -0.39 is 0 Å². The van der Waals surface area contributed by atoms with Crippen molar-refractivity contribution in [1.82, 2.24) is 9.88 Å². The number of nitrogens with one attached hydrogen (secondary N) is 1. The summed E-state index contributed by atoms with van der Waals surface area (Å²) in [5, 5.41) is 1.41. The summed E-state index contributed by atoms with van der Waals surface area (Å²) in [5.74, 6) is 1.88. The Kier molecular flexibility index (Phi) is 3.07. The van der Waals surface area contributed by atoms with Crippen LogP contribution in [0.1, 0.15) is 31.7 Å². The van der Waals surface area contributed by atoms with E-state index in [2.05, 4.69) is 47.3 Å². The molecule has 3 heterocycles. The smallest absolute Gasteiger partial charge is 0.0456 e. The average Bonchev–Trinajstić information content (AvgIpc) is 2.89. The Bertz CT molecular complexity index is 600. The van der Waals surface area contributed by atoms with E-state index in [4.69, 9.17) is 0 Å². The second-order valence-electron chi connectivity index (χ2n) is 6.83. The zero-order valence-corrected chi connectivity index (χ0v) is 12.3. The maximum Gasteiger partial charge on any atom is 0.0456 e. The molecule has 2 aromatic rings. The Balaban J connectivity index is 1.48. The Hall–Kier alpha value is -1.28. The van der Waals surface area contributed by atoms with Gasteiger partial charge in [0, 0.05) is 36.2 Å². The second-order valence-corrected chi connectivity index (χ2v) is 6.83. The van der Waals surface area contributed by atoms with Crippen LogP contribution in [0, 0.1) is 11.8 Å². The van der Waals surface area contributed by atoms with Crippen molar-refractivity contribution in [2.75, 3.05) is 13.1 Å². The van der Waals surface area contributed by atoms with Crippen LogP contribution in [-0.4, -0.2) is 29.0 Å². The molecule has 3 aliphatic rings. The average molecular weight is 268 g/mol. The Morgan fingerprint density at radius 1 is 1.25 bits per heavy atom. The van der Waals surface area contributed by atoms with Crippen molar-refractivity contribution in [3.05, 3.63) is 36.0 Å². The largest absolute Gasteiger partial charge is 0.361 e. The number of rotatable bonds is 3. The van der Waals surface area contributed by atoms with Crippen molar-refractivity contribution in [2.45, 2.75) is 38.6 Å². The van der Waals surface area contributed by atoms with Crippen LogP contribution >= 0.6 is 0 Å². The first-order valence-corrected chi connectivity index (χ1v) is 8.10. The molecule has 20 heavy (non-hydrogen) atoms. The number of aromatic amines is 1. The van der Waals surface area contributed by atoms with Gasteiger partial charge in [0.05, 0.1) is 0 Å². The van der Waals surface area contributed by atoms with Gasteiger partial charge in [-0.25, -0.2) is 0 Å². The number of benzene rings is 1. The number of aromatic nitrogens is 1. The molecule has 106 valence electrons. The Labute approximate surface area is 121 Å². The zero-order chi connectivity index (χ0) is 13.5. The molecular weight excluding hydrogens is 244 g/mol. The number of nitrogens with zero attached hydrogens (tertiary/aromatic N) is 1. The monoisotopic (exact) mass is 268 g/mol. The summed E-state index contributed by atoms with van der Waals surface area (Å²) >= 11 is 0. The van der Waals surface area contributed by atoms with Crippen LogP contribution in [-0.2, 0) is 6.42 Å². The lowest BCUT2D eigenvalue weighted by Gasteiger charge is -2.49. The quantitative estimate of drug-likeness (QED) is 0.896. The van der Waals surface area contributed by atoms with Gasteiger partial charge in [-0.1, -0.05) is 25.1 Å². The lowest BCUT2D eigenvalue weighted by molar-refractivity contribution is 0.00924. The molecule has 2 heteroatoms. The molecule has 0 amide bonds. The maximum absolute atomic E-state index is 3.40. The van der Waals surface area contributed by atoms with Gasteiger partial charge < -0.3 is 4.98 Å². The Morgan fingerprint density at radius 3 is 3.00 bits per heavy atom. The summed E-state index contributed by atoms with van der Waals surface area (Å²) in [6, 6.07) is 9.51. The lowest BCUT2D eigenvalue weighted by atomic mass is 9.73. The second kappa shape index (κ2) is 4.92. The van der Waals surface area contributed by atoms with Crippen LogP contribution < -0.4 is 0 Å². The Morgan fingerprint density at radius 2 is 2.15 bits per heavy atom. The number of hydrogen-bond donors (Lipinski definition) is 1. The molecule has 2 nitrogen and oxygen atoms in total. The highest BCUT2D eigenvalue weighted by molar-refractivity contribution is 5.83. The van der Waals surface area contributed by atoms with Gasteiger partial charge in [-0.2, -0.15) is 0 Å². The van der Waals surface area contributed by atoms with Gasteiger partial charge in [-0.05, 0) is 49.1 Å². The summed E-state index contributed by atoms with van der Waals surface area (Å²) < 4.78 is 0. The highest BCUT2D eigenvalue weighted by Gasteiger charge is 2.37. The summed E-state index contributed by atoms with van der Waals surface area (Å²) in [7, 11) is 0. The fourth-order valence-electron chi connectivity index (χ4n) is 4.53. The molecule has 1 aromatic carbocycles. The normalized spacial score (nSPS) is 30.1. The molecule has 3 fully saturated rings. The van der Waals surface area contributed by atoms with E-state index in [1.807, 2.05) is 0 Å². The molecule has 3 atom stereocenters. The molecule has 0 spiro atoms. The predicted octanol–water partition coefficient (Wildman–Crippen LogP) is 3.83. The number of fused-ring (bicyclic) bond motifs is 4. The first-order valence-electron chi connectivity index (χ1n) is 8.10. The van der Waals surface area contributed by atoms with Crippen LogP contribution in [0.25, 0.3) is 10.9 Å². The topological polar surface area (TPSA) is 19.0 Å². The highest BCUT2D eigenvalue weighted by atomic mass is 15.2. The fourth-order valence-corrected chi connectivity index (χ4v) is 4.53. The van der Waals surface area contributed by atoms with Crippen LogP contribution in [0.5, 0.6) is 0 Å². The van der Waals surface area contributed by atoms with Gasteiger partial charge in [-0.15, -0.1) is 0 Å². The highest BCUT2D eigenvalue weighted by Crippen LogP contribution is 2.38. The zero-order valence-electron chi connectivity index (χ0n) is 12.3. The molecule has 1 saturated carbocycles. The van der Waals surface area contributed by atoms with Gasteiger partial charge in [0.1, 0.15) is 0 Å². The summed E-state index contributed by atoms with van der Waals surface area (Å²) in [6.45, 7) is 5.03. The minimum absolute atomic E-state index is 0.852. The molecule has 2 saturated heterocycles. The van der Waals surface area contributed by atoms with E-state index in [9.17, 15) is 0 Å². The molecule has 2 aliphatic heterocycles. The third kappa shape index (κ3) is 2.07. The first-order chi connectivity index (χ1) is 9.81. The van der Waals surface area contributed by atoms with Crippen molar-refractivity contribution in [1.29, 1.82) is 0 Å². The number of hydrogen-bond acceptors (Lipinski definition) is 1. The van der Waals surface area contributed by atoms with Crippen molar-refractivity contribution in [2.24, 2.45) is 11.8 Å². The minimum Gasteiger partial charge on any atom is -0.361 e. The minimum atomic E-state index is 0.852. The predicted molar refractivity (Wildman–Crippen MR) is 83.9 cm³/mol.